The maximum atomic E-state index is 13.5. The van der Waals surface area contributed by atoms with Gasteiger partial charge in [-0.15, -0.1) is 0 Å². The zero-order chi connectivity index (χ0) is 23.1. The molecule has 2 aromatic rings. The molecule has 3 rings (SSSR count). The predicted octanol–water partition coefficient (Wildman–Crippen LogP) is 5.93. The molecule has 4 nitrogen and oxygen atoms in total. The van der Waals surface area contributed by atoms with Gasteiger partial charge in [0.25, 0.3) is 0 Å². The third kappa shape index (κ3) is 7.49. The van der Waals surface area contributed by atoms with Crippen LogP contribution in [0.5, 0.6) is 0 Å². The van der Waals surface area contributed by atoms with Crippen LogP contribution >= 0.6 is 35.4 Å². The van der Waals surface area contributed by atoms with E-state index in [1.807, 2.05) is 17.0 Å². The molecule has 1 saturated heterocycles. The van der Waals surface area contributed by atoms with Crippen LogP contribution in [0.2, 0.25) is 10.0 Å². The van der Waals surface area contributed by atoms with Gasteiger partial charge in [0.05, 0.1) is 24.5 Å². The van der Waals surface area contributed by atoms with E-state index in [9.17, 15) is 13.2 Å². The molecule has 0 aromatic heterocycles. The van der Waals surface area contributed by atoms with Crippen LogP contribution in [0.1, 0.15) is 17.5 Å². The molecule has 0 spiro atoms. The number of alkyl halides is 3. The third-order valence-electron chi connectivity index (χ3n) is 5.11. The van der Waals surface area contributed by atoms with Crippen molar-refractivity contribution < 1.29 is 17.9 Å². The average Bonchev–Trinajstić information content (AvgIpc) is 2.75. The van der Waals surface area contributed by atoms with Gasteiger partial charge in [-0.25, -0.2) is 0 Å². The van der Waals surface area contributed by atoms with E-state index >= 15 is 0 Å². The van der Waals surface area contributed by atoms with E-state index < -0.39 is 11.7 Å². The van der Waals surface area contributed by atoms with Crippen molar-refractivity contribution in [2.75, 3.05) is 44.7 Å². The first-order valence-electron chi connectivity index (χ1n) is 10.2. The summed E-state index contributed by atoms with van der Waals surface area (Å²) in [6.45, 7) is 5.06. The average molecular weight is 506 g/mol. The molecule has 0 aliphatic carbocycles. The Morgan fingerprint density at radius 1 is 1.06 bits per heavy atom. The lowest BCUT2D eigenvalue weighted by Gasteiger charge is -2.30. The Morgan fingerprint density at radius 3 is 2.38 bits per heavy atom. The number of anilines is 1. The van der Waals surface area contributed by atoms with Crippen LogP contribution in [0.4, 0.5) is 18.9 Å². The van der Waals surface area contributed by atoms with Crippen molar-refractivity contribution in [3.63, 3.8) is 0 Å². The third-order valence-corrected chi connectivity index (χ3v) is 5.96. The summed E-state index contributed by atoms with van der Waals surface area (Å²) in [5, 5.41) is 3.63. The van der Waals surface area contributed by atoms with E-state index in [0.29, 0.717) is 31.3 Å². The summed E-state index contributed by atoms with van der Waals surface area (Å²) in [7, 11) is 0. The Kier molecular flexibility index (Phi) is 9.02. The van der Waals surface area contributed by atoms with Gasteiger partial charge in [-0.3, -0.25) is 4.90 Å². The first-order valence-corrected chi connectivity index (χ1v) is 11.4. The van der Waals surface area contributed by atoms with E-state index in [1.165, 1.54) is 12.1 Å². The SMILES string of the molecule is FC(F)(F)c1cc(Cl)ccc1NC(=S)N(CCCN1CCOCC1)Cc1ccc(Cl)cc1. The molecule has 2 aromatic carbocycles. The molecule has 0 unspecified atom stereocenters. The highest BCUT2D eigenvalue weighted by atomic mass is 35.5. The van der Waals surface area contributed by atoms with Crippen molar-refractivity contribution in [2.24, 2.45) is 0 Å². The Hall–Kier alpha value is -1.58. The smallest absolute Gasteiger partial charge is 0.379 e. The van der Waals surface area contributed by atoms with Crippen molar-refractivity contribution in [3.05, 3.63) is 63.6 Å². The van der Waals surface area contributed by atoms with E-state index in [-0.39, 0.29) is 15.8 Å². The normalized spacial score (nSPS) is 14.9. The summed E-state index contributed by atoms with van der Waals surface area (Å²) in [5.74, 6) is 0. The number of morpholine rings is 1. The summed E-state index contributed by atoms with van der Waals surface area (Å²) in [4.78, 5) is 4.18. The molecule has 10 heteroatoms. The molecule has 1 aliphatic heterocycles. The summed E-state index contributed by atoms with van der Waals surface area (Å²) < 4.78 is 45.8. The predicted molar refractivity (Wildman–Crippen MR) is 126 cm³/mol. The molecule has 0 saturated carbocycles. The van der Waals surface area contributed by atoms with Crippen molar-refractivity contribution in [1.29, 1.82) is 0 Å². The largest absolute Gasteiger partial charge is 0.418 e. The minimum absolute atomic E-state index is 0.0114. The maximum Gasteiger partial charge on any atom is 0.418 e. The molecule has 0 radical (unpaired) electrons. The van der Waals surface area contributed by atoms with Gasteiger partial charge in [-0.2, -0.15) is 13.2 Å². The maximum absolute atomic E-state index is 13.5. The van der Waals surface area contributed by atoms with Crippen molar-refractivity contribution in [1.82, 2.24) is 9.80 Å². The highest BCUT2D eigenvalue weighted by Crippen LogP contribution is 2.36. The Morgan fingerprint density at radius 2 is 1.72 bits per heavy atom. The first kappa shape index (κ1) is 25.1. The second kappa shape index (κ2) is 11.5. The van der Waals surface area contributed by atoms with Crippen LogP contribution in [0, 0.1) is 0 Å². The lowest BCUT2D eigenvalue weighted by molar-refractivity contribution is -0.136. The van der Waals surface area contributed by atoms with Gasteiger partial charge in [-0.05, 0) is 54.5 Å². The monoisotopic (exact) mass is 505 g/mol. The number of nitrogens with zero attached hydrogens (tertiary/aromatic N) is 2. The molecule has 1 aliphatic rings. The summed E-state index contributed by atoms with van der Waals surface area (Å²) in [6, 6.07) is 10.9. The summed E-state index contributed by atoms with van der Waals surface area (Å²) in [5.41, 5.74) is -0.0228. The Balaban J connectivity index is 1.72. The Bertz CT molecular complexity index is 906. The van der Waals surface area contributed by atoms with E-state index in [2.05, 4.69) is 10.2 Å². The molecule has 0 atom stereocenters. The van der Waals surface area contributed by atoms with Crippen LogP contribution in [-0.2, 0) is 17.5 Å². The summed E-state index contributed by atoms with van der Waals surface area (Å²) >= 11 is 17.3. The quantitative estimate of drug-likeness (QED) is 0.470. The zero-order valence-electron chi connectivity index (χ0n) is 17.3. The number of benzene rings is 2. The fourth-order valence-corrected chi connectivity index (χ4v) is 3.99. The first-order chi connectivity index (χ1) is 15.2. The Labute approximate surface area is 201 Å². The van der Waals surface area contributed by atoms with Crippen molar-refractivity contribution >= 4 is 46.2 Å². The van der Waals surface area contributed by atoms with Crippen LogP contribution < -0.4 is 5.32 Å². The molecule has 1 heterocycles. The molecule has 1 N–H and O–H groups in total. The standard InChI is InChI=1S/C22H24Cl2F3N3OS/c23-17-4-2-16(3-5-17)15-30(9-1-8-29-10-12-31-13-11-29)21(32)28-20-7-6-18(24)14-19(20)22(25,26)27/h2-7,14H,1,8-13,15H2,(H,28,32). The molecule has 0 amide bonds. The second-order valence-corrected chi connectivity index (χ2v) is 8.73. The molecule has 1 fully saturated rings. The molecular formula is C22H24Cl2F3N3OS. The minimum Gasteiger partial charge on any atom is -0.379 e. The molecule has 0 bridgehead atoms. The van der Waals surface area contributed by atoms with Gasteiger partial charge >= 0.3 is 6.18 Å². The lowest BCUT2D eigenvalue weighted by atomic mass is 10.1. The number of hydrogen-bond donors (Lipinski definition) is 1. The number of ether oxygens (including phenoxy) is 1. The number of halogens is 5. The van der Waals surface area contributed by atoms with Crippen LogP contribution in [0.25, 0.3) is 0 Å². The van der Waals surface area contributed by atoms with Gasteiger partial charge in [-0.1, -0.05) is 35.3 Å². The van der Waals surface area contributed by atoms with E-state index in [0.717, 1.165) is 37.7 Å². The van der Waals surface area contributed by atoms with Crippen LogP contribution in [0.15, 0.2) is 42.5 Å². The second-order valence-electron chi connectivity index (χ2n) is 7.47. The van der Waals surface area contributed by atoms with E-state index in [4.69, 9.17) is 40.2 Å². The highest BCUT2D eigenvalue weighted by Gasteiger charge is 2.34. The van der Waals surface area contributed by atoms with Gasteiger partial charge in [0.2, 0.25) is 0 Å². The number of nitrogens with one attached hydrogen (secondary N) is 1. The fourth-order valence-electron chi connectivity index (χ4n) is 3.43. The highest BCUT2D eigenvalue weighted by molar-refractivity contribution is 7.80. The van der Waals surface area contributed by atoms with Gasteiger partial charge in [0.1, 0.15) is 0 Å². The topological polar surface area (TPSA) is 27.7 Å². The number of rotatable bonds is 7. The minimum atomic E-state index is -4.56. The molecule has 32 heavy (non-hydrogen) atoms. The van der Waals surface area contributed by atoms with Gasteiger partial charge < -0.3 is 15.0 Å². The van der Waals surface area contributed by atoms with Crippen LogP contribution in [-0.4, -0.2) is 54.3 Å². The van der Waals surface area contributed by atoms with Crippen molar-refractivity contribution in [2.45, 2.75) is 19.1 Å². The molecular weight excluding hydrogens is 482 g/mol. The lowest BCUT2D eigenvalue weighted by Crippen LogP contribution is -2.40. The van der Waals surface area contributed by atoms with E-state index in [1.54, 1.807) is 12.1 Å². The number of thiocarbonyl (C=S) groups is 1. The summed E-state index contributed by atoms with van der Waals surface area (Å²) in [6.07, 6.45) is -3.75. The molecule has 174 valence electrons. The zero-order valence-corrected chi connectivity index (χ0v) is 19.6. The number of hydrogen-bond acceptors (Lipinski definition) is 3. The van der Waals surface area contributed by atoms with Crippen LogP contribution in [0.3, 0.4) is 0 Å². The van der Waals surface area contributed by atoms with Crippen molar-refractivity contribution in [3.8, 4) is 0 Å². The van der Waals surface area contributed by atoms with Gasteiger partial charge in [0.15, 0.2) is 5.11 Å². The fraction of sp³-hybridized carbons (Fsp3) is 0.409. The van der Waals surface area contributed by atoms with Gasteiger partial charge in [0, 0.05) is 42.8 Å².